The Bertz CT molecular complexity index is 553. The van der Waals surface area contributed by atoms with Crippen LogP contribution in [0.25, 0.3) is 0 Å². The molecule has 0 aliphatic carbocycles. The van der Waals surface area contributed by atoms with Gasteiger partial charge in [0, 0.05) is 5.02 Å². The summed E-state index contributed by atoms with van der Waals surface area (Å²) in [6, 6.07) is 10.6. The van der Waals surface area contributed by atoms with Crippen LogP contribution >= 0.6 is 23.2 Å². The third-order valence-electron chi connectivity index (χ3n) is 2.47. The van der Waals surface area contributed by atoms with Gasteiger partial charge in [-0.2, -0.15) is 0 Å². The van der Waals surface area contributed by atoms with Crippen LogP contribution in [0, 0.1) is 0 Å². The number of anilines is 3. The first kappa shape index (κ1) is 12.9. The molecule has 0 aliphatic rings. The van der Waals surface area contributed by atoms with Gasteiger partial charge in [-0.1, -0.05) is 29.3 Å². The molecule has 94 valence electrons. The van der Waals surface area contributed by atoms with E-state index in [2.05, 4.69) is 5.32 Å². The Morgan fingerprint density at radius 1 is 1.17 bits per heavy atom. The second kappa shape index (κ2) is 5.38. The number of rotatable bonds is 3. The van der Waals surface area contributed by atoms with Gasteiger partial charge in [0.15, 0.2) is 0 Å². The minimum Gasteiger partial charge on any atom is -0.495 e. The lowest BCUT2D eigenvalue weighted by Crippen LogP contribution is -1.99. The van der Waals surface area contributed by atoms with Crippen LogP contribution in [0.3, 0.4) is 0 Å². The highest BCUT2D eigenvalue weighted by molar-refractivity contribution is 6.34. The number of nitrogens with two attached hydrogens (primary N) is 1. The van der Waals surface area contributed by atoms with Crippen molar-refractivity contribution in [2.75, 3.05) is 18.2 Å². The van der Waals surface area contributed by atoms with Crippen molar-refractivity contribution in [1.29, 1.82) is 0 Å². The summed E-state index contributed by atoms with van der Waals surface area (Å²) in [4.78, 5) is 0. The molecule has 2 aromatic rings. The van der Waals surface area contributed by atoms with Crippen LogP contribution in [-0.4, -0.2) is 7.11 Å². The molecular formula is C13H12Cl2N2O. The molecule has 0 saturated carbocycles. The van der Waals surface area contributed by atoms with Crippen LogP contribution in [0.4, 0.5) is 17.1 Å². The molecule has 5 heteroatoms. The fraction of sp³-hybridized carbons (Fsp3) is 0.0769. The molecule has 3 N–H and O–H groups in total. The van der Waals surface area contributed by atoms with E-state index in [1.807, 2.05) is 0 Å². The van der Waals surface area contributed by atoms with Gasteiger partial charge >= 0.3 is 0 Å². The average Bonchev–Trinajstić information content (AvgIpc) is 2.34. The van der Waals surface area contributed by atoms with E-state index in [0.29, 0.717) is 32.9 Å². The van der Waals surface area contributed by atoms with Gasteiger partial charge in [0.2, 0.25) is 0 Å². The number of nitrogens with one attached hydrogen (secondary N) is 1. The first-order chi connectivity index (χ1) is 8.61. The lowest BCUT2D eigenvalue weighted by molar-refractivity contribution is 0.417. The van der Waals surface area contributed by atoms with E-state index < -0.39 is 0 Å². The molecule has 0 fully saturated rings. The number of hydrogen-bond donors (Lipinski definition) is 2. The van der Waals surface area contributed by atoms with Crippen molar-refractivity contribution in [2.45, 2.75) is 0 Å². The molecule has 0 atom stereocenters. The Morgan fingerprint density at radius 2 is 1.94 bits per heavy atom. The topological polar surface area (TPSA) is 47.3 Å². The first-order valence-corrected chi connectivity index (χ1v) is 6.02. The molecule has 0 heterocycles. The van der Waals surface area contributed by atoms with Gasteiger partial charge in [-0.3, -0.25) is 0 Å². The Kier molecular flexibility index (Phi) is 3.84. The summed E-state index contributed by atoms with van der Waals surface area (Å²) >= 11 is 12.1. The van der Waals surface area contributed by atoms with E-state index in [-0.39, 0.29) is 0 Å². The molecule has 0 radical (unpaired) electrons. The quantitative estimate of drug-likeness (QED) is 0.824. The Hall–Kier alpha value is -1.58. The van der Waals surface area contributed by atoms with E-state index in [1.165, 1.54) is 0 Å². The van der Waals surface area contributed by atoms with Gasteiger partial charge < -0.3 is 15.8 Å². The maximum Gasteiger partial charge on any atom is 0.142 e. The Morgan fingerprint density at radius 3 is 2.61 bits per heavy atom. The fourth-order valence-corrected chi connectivity index (χ4v) is 1.99. The highest BCUT2D eigenvalue weighted by Gasteiger charge is 2.09. The van der Waals surface area contributed by atoms with Gasteiger partial charge in [-0.15, -0.1) is 0 Å². The van der Waals surface area contributed by atoms with Crippen LogP contribution in [0.1, 0.15) is 0 Å². The van der Waals surface area contributed by atoms with Crippen molar-refractivity contribution >= 4 is 40.3 Å². The molecule has 0 spiro atoms. The highest BCUT2D eigenvalue weighted by Crippen LogP contribution is 2.35. The molecule has 2 rings (SSSR count). The molecule has 0 saturated heterocycles. The number of methoxy groups -OCH3 is 1. The predicted molar refractivity (Wildman–Crippen MR) is 77.2 cm³/mol. The van der Waals surface area contributed by atoms with Crippen LogP contribution in [-0.2, 0) is 0 Å². The summed E-state index contributed by atoms with van der Waals surface area (Å²) in [6.45, 7) is 0. The van der Waals surface area contributed by atoms with Crippen LogP contribution in [0.2, 0.25) is 10.0 Å². The molecule has 3 nitrogen and oxygen atoms in total. The van der Waals surface area contributed by atoms with E-state index in [0.717, 1.165) is 0 Å². The number of benzene rings is 2. The predicted octanol–water partition coefficient (Wildman–Crippen LogP) is 4.33. The number of halogens is 2. The summed E-state index contributed by atoms with van der Waals surface area (Å²) in [5, 5.41) is 4.27. The lowest BCUT2D eigenvalue weighted by atomic mass is 10.2. The van der Waals surface area contributed by atoms with Gasteiger partial charge in [-0.05, 0) is 30.3 Å². The Balaban J connectivity index is 2.42. The fourth-order valence-electron chi connectivity index (χ4n) is 1.59. The number of ether oxygens (including phenoxy) is 1. The third-order valence-corrected chi connectivity index (χ3v) is 3.02. The van der Waals surface area contributed by atoms with Crippen molar-refractivity contribution in [1.82, 2.24) is 0 Å². The molecular weight excluding hydrogens is 271 g/mol. The van der Waals surface area contributed by atoms with Crippen molar-refractivity contribution in [3.8, 4) is 5.75 Å². The SMILES string of the molecule is COc1ccc(Cl)cc1Nc1c(N)cccc1Cl. The van der Waals surface area contributed by atoms with Gasteiger partial charge in [0.05, 0.1) is 29.2 Å². The standard InChI is InChI=1S/C13H12Cl2N2O/c1-18-12-6-5-8(14)7-11(12)17-13-9(15)3-2-4-10(13)16/h2-7,17H,16H2,1H3. The van der Waals surface area contributed by atoms with Gasteiger partial charge in [0.25, 0.3) is 0 Å². The monoisotopic (exact) mass is 282 g/mol. The minimum atomic E-state index is 0.539. The molecule has 2 aromatic carbocycles. The summed E-state index contributed by atoms with van der Waals surface area (Å²) in [5.74, 6) is 0.665. The first-order valence-electron chi connectivity index (χ1n) is 5.26. The van der Waals surface area contributed by atoms with Crippen molar-refractivity contribution < 1.29 is 4.74 Å². The second-order valence-electron chi connectivity index (χ2n) is 3.67. The lowest BCUT2D eigenvalue weighted by Gasteiger charge is -2.14. The zero-order chi connectivity index (χ0) is 13.1. The Labute approximate surface area is 115 Å². The zero-order valence-electron chi connectivity index (χ0n) is 9.71. The molecule has 18 heavy (non-hydrogen) atoms. The number of hydrogen-bond acceptors (Lipinski definition) is 3. The van der Waals surface area contributed by atoms with Crippen molar-refractivity contribution in [3.05, 3.63) is 46.4 Å². The highest BCUT2D eigenvalue weighted by atomic mass is 35.5. The normalized spacial score (nSPS) is 10.2. The number of nitrogen functional groups attached to an aromatic ring is 1. The maximum atomic E-state index is 6.10. The van der Waals surface area contributed by atoms with E-state index in [1.54, 1.807) is 43.5 Å². The molecule has 0 aromatic heterocycles. The van der Waals surface area contributed by atoms with E-state index in [4.69, 9.17) is 33.7 Å². The van der Waals surface area contributed by atoms with Crippen molar-refractivity contribution in [2.24, 2.45) is 0 Å². The smallest absolute Gasteiger partial charge is 0.142 e. The van der Waals surface area contributed by atoms with E-state index in [9.17, 15) is 0 Å². The summed E-state index contributed by atoms with van der Waals surface area (Å²) in [5.41, 5.74) is 7.79. The van der Waals surface area contributed by atoms with Crippen LogP contribution < -0.4 is 15.8 Å². The molecule has 0 amide bonds. The summed E-state index contributed by atoms with van der Waals surface area (Å²) in [7, 11) is 1.59. The molecule has 0 aliphatic heterocycles. The van der Waals surface area contributed by atoms with Crippen molar-refractivity contribution in [3.63, 3.8) is 0 Å². The van der Waals surface area contributed by atoms with Crippen LogP contribution in [0.15, 0.2) is 36.4 Å². The van der Waals surface area contributed by atoms with Gasteiger partial charge in [0.1, 0.15) is 5.75 Å². The van der Waals surface area contributed by atoms with Gasteiger partial charge in [-0.25, -0.2) is 0 Å². The summed E-state index contributed by atoms with van der Waals surface area (Å²) < 4.78 is 5.25. The number of para-hydroxylation sites is 1. The molecule has 0 bridgehead atoms. The summed E-state index contributed by atoms with van der Waals surface area (Å²) in [6.07, 6.45) is 0. The van der Waals surface area contributed by atoms with E-state index >= 15 is 0 Å². The maximum absolute atomic E-state index is 6.10. The molecule has 0 unspecified atom stereocenters. The average molecular weight is 283 g/mol. The second-order valence-corrected chi connectivity index (χ2v) is 4.52. The minimum absolute atomic E-state index is 0.539. The third kappa shape index (κ3) is 2.63. The largest absolute Gasteiger partial charge is 0.495 e. The zero-order valence-corrected chi connectivity index (χ0v) is 11.2. The van der Waals surface area contributed by atoms with Crippen LogP contribution in [0.5, 0.6) is 5.75 Å².